The first-order valence-corrected chi connectivity index (χ1v) is 8.73. The lowest BCUT2D eigenvalue weighted by molar-refractivity contribution is 0.524. The molecule has 0 aliphatic heterocycles. The van der Waals surface area contributed by atoms with E-state index in [1.807, 2.05) is 12.1 Å². The zero-order valence-corrected chi connectivity index (χ0v) is 16.2. The van der Waals surface area contributed by atoms with Gasteiger partial charge in [0.1, 0.15) is 5.52 Å². The Hall–Kier alpha value is -0.300. The van der Waals surface area contributed by atoms with Gasteiger partial charge in [0.2, 0.25) is 0 Å². The van der Waals surface area contributed by atoms with Crippen LogP contribution in [0.4, 0.5) is 0 Å². The van der Waals surface area contributed by atoms with Crippen LogP contribution in [-0.4, -0.2) is 4.98 Å². The molecule has 0 bridgehead atoms. The van der Waals surface area contributed by atoms with E-state index in [2.05, 4.69) is 72.8 Å². The van der Waals surface area contributed by atoms with Crippen LogP contribution in [0.5, 0.6) is 0 Å². The number of para-hydroxylation sites is 2. The SMILES string of the molecule is O=c1[nH]c2c(I)c(I)c(I)cc2oc2ccccc2o1. The summed E-state index contributed by atoms with van der Waals surface area (Å²) in [4.78, 5) is 14.7. The highest BCUT2D eigenvalue weighted by Crippen LogP contribution is 2.28. The molecule has 2 aromatic carbocycles. The van der Waals surface area contributed by atoms with Gasteiger partial charge >= 0.3 is 5.76 Å². The standard InChI is InChI=1S/C13H6I3NO3/c14-6-5-9-12(11(16)10(6)15)17-13(18)20-8-4-2-1-3-7(8)19-9/h1-5H,(H,17,18). The van der Waals surface area contributed by atoms with Gasteiger partial charge in [-0.2, -0.15) is 0 Å². The number of nitrogens with one attached hydrogen (secondary N) is 1. The Labute approximate surface area is 154 Å². The number of hydrogen-bond donors (Lipinski definition) is 1. The van der Waals surface area contributed by atoms with Crippen LogP contribution in [0.1, 0.15) is 0 Å². The van der Waals surface area contributed by atoms with Gasteiger partial charge in [-0.05, 0) is 86.0 Å². The molecule has 4 nitrogen and oxygen atoms in total. The minimum absolute atomic E-state index is 0.402. The molecule has 0 amide bonds. The molecule has 1 heterocycles. The Bertz CT molecular complexity index is 922. The van der Waals surface area contributed by atoms with Crippen LogP contribution >= 0.6 is 67.8 Å². The maximum atomic E-state index is 11.9. The van der Waals surface area contributed by atoms with Crippen molar-refractivity contribution in [1.29, 1.82) is 0 Å². The third-order valence-electron chi connectivity index (χ3n) is 2.62. The molecule has 3 rings (SSSR count). The molecule has 1 N–H and O–H groups in total. The van der Waals surface area contributed by atoms with E-state index in [1.54, 1.807) is 18.2 Å². The lowest BCUT2D eigenvalue weighted by atomic mass is 10.3. The van der Waals surface area contributed by atoms with Crippen molar-refractivity contribution in [2.24, 2.45) is 0 Å². The van der Waals surface area contributed by atoms with Gasteiger partial charge in [-0.25, -0.2) is 4.79 Å². The van der Waals surface area contributed by atoms with E-state index in [0.717, 1.165) is 10.7 Å². The van der Waals surface area contributed by atoms with E-state index in [-0.39, 0.29) is 0 Å². The fraction of sp³-hybridized carbons (Fsp3) is 0. The van der Waals surface area contributed by atoms with Crippen molar-refractivity contribution < 1.29 is 8.83 Å². The van der Waals surface area contributed by atoms with Gasteiger partial charge in [-0.1, -0.05) is 12.1 Å². The molecule has 0 atom stereocenters. The summed E-state index contributed by atoms with van der Waals surface area (Å²) in [6.07, 6.45) is 0. The van der Waals surface area contributed by atoms with Crippen LogP contribution in [0.25, 0.3) is 22.3 Å². The molecular weight excluding hydrogens is 599 g/mol. The van der Waals surface area contributed by atoms with E-state index in [9.17, 15) is 4.79 Å². The second-order valence-corrected chi connectivity index (χ2v) is 7.24. The Balaban J connectivity index is 2.61. The van der Waals surface area contributed by atoms with Gasteiger partial charge in [0.15, 0.2) is 16.7 Å². The van der Waals surface area contributed by atoms with Gasteiger partial charge in [0.05, 0.1) is 3.57 Å². The van der Waals surface area contributed by atoms with Crippen molar-refractivity contribution in [3.63, 3.8) is 0 Å². The normalized spacial score (nSPS) is 10.9. The maximum absolute atomic E-state index is 11.9. The lowest BCUT2D eigenvalue weighted by Gasteiger charge is -2.04. The fourth-order valence-electron chi connectivity index (χ4n) is 1.74. The molecule has 7 heteroatoms. The fourth-order valence-corrected chi connectivity index (χ4v) is 3.92. The van der Waals surface area contributed by atoms with Crippen molar-refractivity contribution >= 4 is 90.0 Å². The highest BCUT2D eigenvalue weighted by molar-refractivity contribution is 14.1. The average molecular weight is 605 g/mol. The predicted octanol–water partition coefficient (Wildman–Crippen LogP) is 4.81. The highest BCUT2D eigenvalue weighted by atomic mass is 127. The van der Waals surface area contributed by atoms with E-state index in [1.165, 1.54) is 0 Å². The lowest BCUT2D eigenvalue weighted by Crippen LogP contribution is -2.03. The average Bonchev–Trinajstić information content (AvgIpc) is 2.41. The number of hydrogen-bond acceptors (Lipinski definition) is 3. The largest absolute Gasteiger partial charge is 0.451 e. The zero-order valence-electron chi connectivity index (χ0n) is 9.75. The molecule has 0 saturated heterocycles. The monoisotopic (exact) mass is 605 g/mol. The van der Waals surface area contributed by atoms with E-state index >= 15 is 0 Å². The number of aromatic amines is 1. The molecule has 0 fully saturated rings. The summed E-state index contributed by atoms with van der Waals surface area (Å²) in [6, 6.07) is 9.00. The molecule has 1 aromatic heterocycles. The third-order valence-corrected chi connectivity index (χ3v) is 7.74. The van der Waals surface area contributed by atoms with Crippen LogP contribution in [-0.2, 0) is 0 Å². The topological polar surface area (TPSA) is 59.1 Å². The minimum Gasteiger partial charge on any atom is -0.451 e. The van der Waals surface area contributed by atoms with Crippen LogP contribution in [0, 0.1) is 10.7 Å². The molecule has 0 unspecified atom stereocenters. The van der Waals surface area contributed by atoms with Crippen molar-refractivity contribution in [2.75, 3.05) is 0 Å². The smallest absolute Gasteiger partial charge is 0.417 e. The number of aromatic nitrogens is 1. The summed E-state index contributed by atoms with van der Waals surface area (Å²) < 4.78 is 14.2. The number of benzene rings is 2. The van der Waals surface area contributed by atoms with Crippen molar-refractivity contribution in [3.8, 4) is 0 Å². The minimum atomic E-state index is -0.517. The molecule has 102 valence electrons. The summed E-state index contributed by atoms with van der Waals surface area (Å²) in [7, 11) is 0. The Morgan fingerprint density at radius 3 is 2.25 bits per heavy atom. The van der Waals surface area contributed by atoms with Crippen molar-refractivity contribution in [1.82, 2.24) is 4.98 Å². The van der Waals surface area contributed by atoms with Gasteiger partial charge in [-0.3, -0.25) is 4.98 Å². The Kier molecular flexibility index (Phi) is 4.26. The second-order valence-electron chi connectivity index (χ2n) is 3.92. The Morgan fingerprint density at radius 1 is 0.900 bits per heavy atom. The molecule has 0 radical (unpaired) electrons. The summed E-state index contributed by atoms with van der Waals surface area (Å²) in [5.74, 6) is -0.517. The Morgan fingerprint density at radius 2 is 1.55 bits per heavy atom. The summed E-state index contributed by atoms with van der Waals surface area (Å²) in [5, 5.41) is 0. The van der Waals surface area contributed by atoms with Crippen molar-refractivity contribution in [3.05, 3.63) is 51.6 Å². The van der Waals surface area contributed by atoms with Gasteiger partial charge in [0, 0.05) is 7.14 Å². The highest BCUT2D eigenvalue weighted by Gasteiger charge is 2.10. The first kappa shape index (κ1) is 14.6. The van der Waals surface area contributed by atoms with Crippen LogP contribution < -0.4 is 5.76 Å². The van der Waals surface area contributed by atoms with E-state index < -0.39 is 5.76 Å². The van der Waals surface area contributed by atoms with E-state index in [4.69, 9.17) is 8.83 Å². The molecule has 20 heavy (non-hydrogen) atoms. The first-order chi connectivity index (χ1) is 9.56. The third kappa shape index (κ3) is 2.71. The molecule has 0 spiro atoms. The van der Waals surface area contributed by atoms with E-state index in [0.29, 0.717) is 22.3 Å². The van der Waals surface area contributed by atoms with Gasteiger partial charge < -0.3 is 8.83 Å². The van der Waals surface area contributed by atoms with Crippen molar-refractivity contribution in [2.45, 2.75) is 0 Å². The molecule has 0 aliphatic rings. The van der Waals surface area contributed by atoms with Crippen LogP contribution in [0.3, 0.4) is 0 Å². The zero-order chi connectivity index (χ0) is 14.3. The molecule has 3 aromatic rings. The summed E-state index contributed by atoms with van der Waals surface area (Å²) >= 11 is 6.68. The van der Waals surface area contributed by atoms with Gasteiger partial charge in [0.25, 0.3) is 0 Å². The molecular formula is C13H6I3NO3. The maximum Gasteiger partial charge on any atom is 0.417 e. The van der Waals surface area contributed by atoms with Crippen LogP contribution in [0.15, 0.2) is 44.0 Å². The summed E-state index contributed by atoms with van der Waals surface area (Å²) in [5.41, 5.74) is 2.17. The van der Waals surface area contributed by atoms with Crippen LogP contribution in [0.2, 0.25) is 0 Å². The quantitative estimate of drug-likeness (QED) is 0.296. The number of rotatable bonds is 0. The first-order valence-electron chi connectivity index (χ1n) is 5.49. The second kappa shape index (κ2) is 5.83. The van der Waals surface area contributed by atoms with Gasteiger partial charge in [-0.15, -0.1) is 0 Å². The number of halogens is 3. The molecule has 0 saturated carbocycles. The summed E-state index contributed by atoms with van der Waals surface area (Å²) in [6.45, 7) is 0. The molecule has 0 aliphatic carbocycles. The predicted molar refractivity (Wildman–Crippen MR) is 102 cm³/mol. The number of fused-ring (bicyclic) bond motifs is 2. The number of H-pyrrole nitrogens is 1.